The van der Waals surface area contributed by atoms with Gasteiger partial charge in [0.25, 0.3) is 0 Å². The maximum Gasteiger partial charge on any atom is 0.323 e. The van der Waals surface area contributed by atoms with E-state index in [2.05, 4.69) is 10.5 Å². The molecule has 2 N–H and O–H groups in total. The number of rotatable bonds is 3. The second-order valence-electron chi connectivity index (χ2n) is 6.43. The van der Waals surface area contributed by atoms with Gasteiger partial charge in [0.05, 0.1) is 13.2 Å². The van der Waals surface area contributed by atoms with Crippen LogP contribution in [-0.2, 0) is 9.53 Å². The zero-order chi connectivity index (χ0) is 17.4. The Morgan fingerprint density at radius 2 is 2.12 bits per heavy atom. The number of carboxylic acid groups (broad SMARTS) is 1. The van der Waals surface area contributed by atoms with Crippen molar-refractivity contribution in [3.8, 4) is 11.3 Å². The number of urea groups is 1. The van der Waals surface area contributed by atoms with Crippen LogP contribution in [0, 0.1) is 11.3 Å². The quantitative estimate of drug-likeness (QED) is 0.882. The van der Waals surface area contributed by atoms with Crippen LogP contribution in [0.2, 0.25) is 0 Å². The Morgan fingerprint density at radius 1 is 1.32 bits per heavy atom. The van der Waals surface area contributed by atoms with Gasteiger partial charge in [-0.25, -0.2) is 4.79 Å². The number of ether oxygens (including phenoxy) is 1. The lowest BCUT2D eigenvalue weighted by atomic mass is 9.81. The molecule has 1 aromatic heterocycles. The van der Waals surface area contributed by atoms with Gasteiger partial charge in [-0.05, 0) is 0 Å². The molecular weight excluding hydrogens is 326 g/mol. The Bertz CT molecular complexity index is 806. The molecule has 8 heteroatoms. The number of carbonyl (C=O) groups is 2. The third kappa shape index (κ3) is 2.64. The van der Waals surface area contributed by atoms with Crippen LogP contribution in [0.4, 0.5) is 10.6 Å². The van der Waals surface area contributed by atoms with Crippen molar-refractivity contribution in [1.29, 1.82) is 0 Å². The van der Waals surface area contributed by atoms with Gasteiger partial charge in [0, 0.05) is 30.6 Å². The van der Waals surface area contributed by atoms with Crippen LogP contribution >= 0.6 is 0 Å². The van der Waals surface area contributed by atoms with Crippen LogP contribution in [0.15, 0.2) is 40.9 Å². The third-order valence-electron chi connectivity index (χ3n) is 4.89. The molecule has 25 heavy (non-hydrogen) atoms. The first-order valence-electron chi connectivity index (χ1n) is 7.98. The number of amides is 2. The molecule has 2 fully saturated rings. The molecule has 3 heterocycles. The van der Waals surface area contributed by atoms with Crippen LogP contribution in [0.1, 0.15) is 0 Å². The molecule has 4 rings (SSSR count). The fourth-order valence-electron chi connectivity index (χ4n) is 3.45. The van der Waals surface area contributed by atoms with Gasteiger partial charge in [0.1, 0.15) is 5.41 Å². The second kappa shape index (κ2) is 5.89. The molecule has 2 aromatic rings. The lowest BCUT2D eigenvalue weighted by Gasteiger charge is -2.21. The minimum absolute atomic E-state index is 0.127. The zero-order valence-electron chi connectivity index (χ0n) is 13.3. The van der Waals surface area contributed by atoms with Gasteiger partial charge in [-0.15, -0.1) is 0 Å². The molecule has 0 saturated carbocycles. The minimum atomic E-state index is -1.00. The van der Waals surface area contributed by atoms with Crippen LogP contribution in [-0.4, -0.2) is 53.5 Å². The summed E-state index contributed by atoms with van der Waals surface area (Å²) < 4.78 is 10.6. The van der Waals surface area contributed by atoms with E-state index in [1.54, 1.807) is 6.07 Å². The summed E-state index contributed by atoms with van der Waals surface area (Å²) in [6.07, 6.45) is 0. The number of hydrogen-bond acceptors (Lipinski definition) is 5. The molecular formula is C17H17N3O5. The summed E-state index contributed by atoms with van der Waals surface area (Å²) >= 11 is 0. The van der Waals surface area contributed by atoms with Crippen molar-refractivity contribution in [2.24, 2.45) is 11.3 Å². The predicted molar refractivity (Wildman–Crippen MR) is 86.9 cm³/mol. The highest BCUT2D eigenvalue weighted by atomic mass is 16.5. The monoisotopic (exact) mass is 343 g/mol. The molecule has 2 atom stereocenters. The summed E-state index contributed by atoms with van der Waals surface area (Å²) in [5.41, 5.74) is -0.149. The van der Waals surface area contributed by atoms with Crippen LogP contribution in [0.5, 0.6) is 0 Å². The molecule has 2 amide bonds. The normalized spacial score (nSPS) is 25.0. The van der Waals surface area contributed by atoms with E-state index in [1.807, 2.05) is 30.3 Å². The lowest BCUT2D eigenvalue weighted by molar-refractivity contribution is -0.149. The summed E-state index contributed by atoms with van der Waals surface area (Å²) in [6.45, 7) is 0.973. The van der Waals surface area contributed by atoms with Crippen LogP contribution in [0.25, 0.3) is 11.3 Å². The van der Waals surface area contributed by atoms with E-state index < -0.39 is 11.4 Å². The van der Waals surface area contributed by atoms with Gasteiger partial charge >= 0.3 is 12.0 Å². The van der Waals surface area contributed by atoms with E-state index in [4.69, 9.17) is 9.26 Å². The number of nitrogens with zero attached hydrogens (tertiary/aromatic N) is 2. The number of carbonyl (C=O) groups excluding carboxylic acids is 1. The predicted octanol–water partition coefficient (Wildman–Crippen LogP) is 1.91. The summed E-state index contributed by atoms with van der Waals surface area (Å²) in [5.74, 6) is -0.267. The number of aromatic nitrogens is 1. The number of hydrogen-bond donors (Lipinski definition) is 2. The van der Waals surface area contributed by atoms with Gasteiger partial charge in [-0.1, -0.05) is 35.5 Å². The molecule has 2 aliphatic heterocycles. The number of anilines is 1. The van der Waals surface area contributed by atoms with Crippen molar-refractivity contribution < 1.29 is 24.0 Å². The minimum Gasteiger partial charge on any atom is -0.481 e. The van der Waals surface area contributed by atoms with Crippen LogP contribution < -0.4 is 5.32 Å². The Hall–Kier alpha value is -2.87. The molecule has 0 spiro atoms. The first kappa shape index (κ1) is 15.6. The average molecular weight is 343 g/mol. The van der Waals surface area contributed by atoms with E-state index in [-0.39, 0.29) is 25.1 Å². The Balaban J connectivity index is 1.45. The van der Waals surface area contributed by atoms with Crippen LogP contribution in [0.3, 0.4) is 0 Å². The number of benzene rings is 1. The lowest BCUT2D eigenvalue weighted by Crippen LogP contribution is -2.41. The van der Waals surface area contributed by atoms with Crippen molar-refractivity contribution in [2.75, 3.05) is 31.6 Å². The van der Waals surface area contributed by atoms with Crippen molar-refractivity contribution in [3.63, 3.8) is 0 Å². The summed E-state index contributed by atoms with van der Waals surface area (Å²) in [4.78, 5) is 25.6. The van der Waals surface area contributed by atoms with Gasteiger partial charge in [-0.3, -0.25) is 10.1 Å². The summed E-state index contributed by atoms with van der Waals surface area (Å²) in [7, 11) is 0. The topological polar surface area (TPSA) is 105 Å². The fraction of sp³-hybridized carbons (Fsp3) is 0.353. The van der Waals surface area contributed by atoms with Crippen molar-refractivity contribution >= 4 is 17.8 Å². The van der Waals surface area contributed by atoms with Gasteiger partial charge in [-0.2, -0.15) is 0 Å². The Kier molecular flexibility index (Phi) is 3.69. The molecule has 2 aliphatic rings. The number of nitrogens with one attached hydrogen (secondary N) is 1. The third-order valence-corrected chi connectivity index (χ3v) is 4.89. The Morgan fingerprint density at radius 3 is 2.84 bits per heavy atom. The summed E-state index contributed by atoms with van der Waals surface area (Å²) in [6, 6.07) is 10.7. The zero-order valence-corrected chi connectivity index (χ0v) is 13.3. The van der Waals surface area contributed by atoms with Gasteiger partial charge in [0.2, 0.25) is 0 Å². The number of aliphatic carboxylic acids is 1. The highest BCUT2D eigenvalue weighted by Crippen LogP contribution is 2.41. The molecule has 8 nitrogen and oxygen atoms in total. The maximum atomic E-state index is 12.5. The van der Waals surface area contributed by atoms with Crippen molar-refractivity contribution in [1.82, 2.24) is 10.1 Å². The average Bonchev–Trinajstić information content (AvgIpc) is 3.29. The largest absolute Gasteiger partial charge is 0.481 e. The van der Waals surface area contributed by atoms with E-state index in [0.717, 1.165) is 5.56 Å². The first-order valence-corrected chi connectivity index (χ1v) is 7.98. The summed E-state index contributed by atoms with van der Waals surface area (Å²) in [5, 5.41) is 16.0. The van der Waals surface area contributed by atoms with Crippen molar-refractivity contribution in [2.45, 2.75) is 0 Å². The molecule has 2 saturated heterocycles. The van der Waals surface area contributed by atoms with E-state index in [0.29, 0.717) is 24.7 Å². The van der Waals surface area contributed by atoms with E-state index >= 15 is 0 Å². The molecule has 0 radical (unpaired) electrons. The first-order chi connectivity index (χ1) is 12.1. The van der Waals surface area contributed by atoms with Crippen molar-refractivity contribution in [3.05, 3.63) is 36.4 Å². The highest BCUT2D eigenvalue weighted by Gasteiger charge is 2.57. The fourth-order valence-corrected chi connectivity index (χ4v) is 3.45. The second-order valence-corrected chi connectivity index (χ2v) is 6.43. The number of fused-ring (bicyclic) bond motifs is 1. The number of carboxylic acids is 1. The van der Waals surface area contributed by atoms with E-state index in [9.17, 15) is 14.7 Å². The van der Waals surface area contributed by atoms with Gasteiger partial charge < -0.3 is 19.3 Å². The molecule has 0 bridgehead atoms. The van der Waals surface area contributed by atoms with E-state index in [1.165, 1.54) is 4.90 Å². The standard InChI is InChI=1S/C17H17N3O5/c21-15(22)17-9-20(7-12(17)8-24-10-17)16(23)18-14-6-13(25-19-14)11-4-2-1-3-5-11/h1-6,12H,7-10H2,(H,21,22)(H,18,19,23)/t12-,17-/m1/s1. The highest BCUT2D eigenvalue weighted by molar-refractivity contribution is 5.90. The number of likely N-dealkylation sites (tertiary alicyclic amines) is 1. The van der Waals surface area contributed by atoms with Gasteiger partial charge in [0.15, 0.2) is 11.6 Å². The SMILES string of the molecule is O=C(Nc1cc(-c2ccccc2)on1)N1C[C@@H]2COC[C@]2(C(=O)O)C1. The smallest absolute Gasteiger partial charge is 0.323 e. The molecule has 130 valence electrons. The maximum absolute atomic E-state index is 12.5. The molecule has 0 aliphatic carbocycles. The Labute approximate surface area is 143 Å². The molecule has 0 unspecified atom stereocenters. The molecule has 1 aromatic carbocycles.